The van der Waals surface area contributed by atoms with Crippen molar-refractivity contribution in [2.24, 2.45) is 0 Å². The molecule has 0 bridgehead atoms. The molecule has 0 saturated heterocycles. The van der Waals surface area contributed by atoms with Crippen LogP contribution in [0.15, 0.2) is 0 Å². The van der Waals surface area contributed by atoms with Gasteiger partial charge in [0.15, 0.2) is 0 Å². The van der Waals surface area contributed by atoms with Gasteiger partial charge in [0.05, 0.1) is 6.61 Å². The Morgan fingerprint density at radius 2 is 2.33 bits per heavy atom. The molecule has 0 aromatic rings. The minimum atomic E-state index is -0.896. The Balaban J connectivity index is 0. The molecule has 5 heteroatoms. The van der Waals surface area contributed by atoms with E-state index in [-0.39, 0.29) is 36.2 Å². The number of carboxylic acids is 1. The Hall–Kier alpha value is 0.910. The molecule has 1 unspecified atom stereocenters. The summed E-state index contributed by atoms with van der Waals surface area (Å²) in [7, 11) is 1.46. The van der Waals surface area contributed by atoms with Crippen molar-refractivity contribution in [3.63, 3.8) is 0 Å². The van der Waals surface area contributed by atoms with E-state index in [9.17, 15) is 4.79 Å². The number of hydrogen-bond donors (Lipinski definition) is 1. The number of carboxylic acid groups (broad SMARTS) is 1. The van der Waals surface area contributed by atoms with Crippen LogP contribution in [0.3, 0.4) is 0 Å². The number of carbonyl (C=O) groups is 1. The quantitative estimate of drug-likeness (QED) is 0.516. The molecule has 0 fully saturated rings. The van der Waals surface area contributed by atoms with Crippen LogP contribution in [0, 0.1) is 0 Å². The van der Waals surface area contributed by atoms with Crippen LogP contribution in [-0.4, -0.2) is 59.2 Å². The van der Waals surface area contributed by atoms with Crippen LogP contribution in [-0.2, 0) is 9.53 Å². The summed E-state index contributed by atoms with van der Waals surface area (Å²) in [5.74, 6) is -0.896. The molecule has 0 aliphatic heterocycles. The Morgan fingerprint density at radius 1 is 1.89 bits per heavy atom. The predicted molar refractivity (Wildman–Crippen MR) is 39.4 cm³/mol. The van der Waals surface area contributed by atoms with Crippen molar-refractivity contribution in [2.75, 3.05) is 13.7 Å². The predicted octanol–water partition coefficient (Wildman–Crippen LogP) is -0.168. The van der Waals surface area contributed by atoms with Gasteiger partial charge < -0.3 is 9.84 Å². The van der Waals surface area contributed by atoms with Crippen molar-refractivity contribution in [2.45, 2.75) is 4.83 Å². The Labute approximate surface area is 84.2 Å². The summed E-state index contributed by atoms with van der Waals surface area (Å²) in [4.78, 5) is 9.39. The third-order valence-electron chi connectivity index (χ3n) is 0.581. The fraction of sp³-hybridized carbons (Fsp3) is 0.750. The van der Waals surface area contributed by atoms with E-state index in [0.29, 0.717) is 0 Å². The molecule has 0 aliphatic carbocycles. The van der Waals surface area contributed by atoms with Gasteiger partial charge in [-0.1, -0.05) is 15.9 Å². The van der Waals surface area contributed by atoms with Gasteiger partial charge in [-0.05, 0) is 0 Å². The van der Waals surface area contributed by atoms with Gasteiger partial charge in [0, 0.05) is 7.11 Å². The molecule has 0 saturated carbocycles. The van der Waals surface area contributed by atoms with Crippen LogP contribution in [0.2, 0.25) is 0 Å². The van der Waals surface area contributed by atoms with Crippen LogP contribution >= 0.6 is 15.9 Å². The van der Waals surface area contributed by atoms with Crippen molar-refractivity contribution < 1.29 is 14.6 Å². The molecule has 0 heterocycles. The third-order valence-corrected chi connectivity index (χ3v) is 1.24. The molecule has 0 radical (unpaired) electrons. The average Bonchev–Trinajstić information content (AvgIpc) is 1.67. The van der Waals surface area contributed by atoms with E-state index >= 15 is 0 Å². The molecule has 0 rings (SSSR count). The molecule has 0 amide bonds. The van der Waals surface area contributed by atoms with Gasteiger partial charge in [0.2, 0.25) is 0 Å². The fourth-order valence-corrected chi connectivity index (χ4v) is 0.482. The van der Waals surface area contributed by atoms with Crippen LogP contribution in [0.4, 0.5) is 0 Å². The zero-order chi connectivity index (χ0) is 6.57. The van der Waals surface area contributed by atoms with Crippen LogP contribution in [0.25, 0.3) is 0 Å². The Kier molecular flexibility index (Phi) is 9.81. The van der Waals surface area contributed by atoms with E-state index in [2.05, 4.69) is 20.7 Å². The summed E-state index contributed by atoms with van der Waals surface area (Å²) in [6.07, 6.45) is 0. The average molecular weight is 207 g/mol. The number of alkyl halides is 1. The molecule has 1 N–H and O–H groups in total. The fourth-order valence-electron chi connectivity index (χ4n) is 0.218. The number of halogens is 1. The van der Waals surface area contributed by atoms with Crippen LogP contribution in [0.5, 0.6) is 0 Å². The Bertz CT molecular complexity index is 87.9. The minimum absolute atomic E-state index is 0. The molecular weight excluding hydrogens is 199 g/mol. The summed E-state index contributed by atoms with van der Waals surface area (Å²) in [5.41, 5.74) is 0. The standard InChI is InChI=1S/C4H7BrO3.Na.H/c1-8-2-3(5)4(6)7;;/h3H,2H2,1H3,(H,6,7);;. The van der Waals surface area contributed by atoms with E-state index in [1.165, 1.54) is 7.11 Å². The number of ether oxygens (including phenoxy) is 1. The van der Waals surface area contributed by atoms with Gasteiger partial charge in [0.1, 0.15) is 4.83 Å². The van der Waals surface area contributed by atoms with Gasteiger partial charge in [-0.3, -0.25) is 4.79 Å². The second kappa shape index (κ2) is 7.02. The molecule has 0 spiro atoms. The summed E-state index contributed by atoms with van der Waals surface area (Å²) in [6, 6.07) is 0. The number of rotatable bonds is 3. The van der Waals surface area contributed by atoms with Gasteiger partial charge in [-0.15, -0.1) is 0 Å². The van der Waals surface area contributed by atoms with Crippen molar-refractivity contribution in [3.05, 3.63) is 0 Å². The molecule has 0 aromatic heterocycles. The molecular formula is C4H8BrNaO3. The first-order valence-electron chi connectivity index (χ1n) is 2.04. The van der Waals surface area contributed by atoms with Gasteiger partial charge in [-0.2, -0.15) is 0 Å². The van der Waals surface area contributed by atoms with E-state index in [4.69, 9.17) is 5.11 Å². The summed E-state index contributed by atoms with van der Waals surface area (Å²) in [5, 5.41) is 8.19. The summed E-state index contributed by atoms with van der Waals surface area (Å²) in [6.45, 7) is 0.204. The van der Waals surface area contributed by atoms with E-state index in [0.717, 1.165) is 0 Å². The maximum atomic E-state index is 9.96. The monoisotopic (exact) mass is 206 g/mol. The zero-order valence-electron chi connectivity index (χ0n) is 4.43. The van der Waals surface area contributed by atoms with E-state index < -0.39 is 10.8 Å². The summed E-state index contributed by atoms with van der Waals surface area (Å²) < 4.78 is 4.54. The first kappa shape index (κ1) is 12.6. The normalized spacial score (nSPS) is 11.8. The summed E-state index contributed by atoms with van der Waals surface area (Å²) >= 11 is 2.88. The maximum absolute atomic E-state index is 9.96. The second-order valence-electron chi connectivity index (χ2n) is 1.26. The van der Waals surface area contributed by atoms with Crippen molar-refractivity contribution >= 4 is 51.5 Å². The number of methoxy groups -OCH3 is 1. The van der Waals surface area contributed by atoms with Crippen molar-refractivity contribution in [1.82, 2.24) is 0 Å². The van der Waals surface area contributed by atoms with Gasteiger partial charge in [0.25, 0.3) is 0 Å². The number of hydrogen-bond acceptors (Lipinski definition) is 2. The SMILES string of the molecule is COCC(Br)C(=O)O.[NaH]. The molecule has 3 nitrogen and oxygen atoms in total. The molecule has 1 atom stereocenters. The van der Waals surface area contributed by atoms with Gasteiger partial charge >= 0.3 is 35.5 Å². The topological polar surface area (TPSA) is 46.5 Å². The first-order chi connectivity index (χ1) is 3.68. The first-order valence-corrected chi connectivity index (χ1v) is 2.96. The van der Waals surface area contributed by atoms with Crippen molar-refractivity contribution in [3.8, 4) is 0 Å². The molecule has 50 valence electrons. The van der Waals surface area contributed by atoms with E-state index in [1.54, 1.807) is 0 Å². The third kappa shape index (κ3) is 6.80. The van der Waals surface area contributed by atoms with Crippen LogP contribution < -0.4 is 0 Å². The number of aliphatic carboxylic acids is 1. The van der Waals surface area contributed by atoms with Crippen LogP contribution in [0.1, 0.15) is 0 Å². The molecule has 0 aliphatic rings. The Morgan fingerprint density at radius 3 is 2.44 bits per heavy atom. The zero-order valence-corrected chi connectivity index (χ0v) is 6.01. The van der Waals surface area contributed by atoms with Gasteiger partial charge in [-0.25, -0.2) is 0 Å². The van der Waals surface area contributed by atoms with Crippen molar-refractivity contribution in [1.29, 1.82) is 0 Å². The van der Waals surface area contributed by atoms with E-state index in [1.807, 2.05) is 0 Å². The molecule has 9 heavy (non-hydrogen) atoms. The second-order valence-corrected chi connectivity index (χ2v) is 2.37. The molecule has 0 aromatic carbocycles.